The highest BCUT2D eigenvalue weighted by molar-refractivity contribution is 5.82. The second-order valence-corrected chi connectivity index (χ2v) is 7.47. The summed E-state index contributed by atoms with van der Waals surface area (Å²) in [4.78, 5) is 21.8. The first-order valence-electron chi connectivity index (χ1n) is 10.3. The molecule has 7 nitrogen and oxygen atoms in total. The zero-order valence-electron chi connectivity index (χ0n) is 16.3. The van der Waals surface area contributed by atoms with Crippen LogP contribution >= 0.6 is 0 Å². The number of likely N-dealkylation sites (tertiary alicyclic amines) is 1. The van der Waals surface area contributed by atoms with E-state index in [-0.39, 0.29) is 11.9 Å². The monoisotopic (exact) mass is 384 g/mol. The number of carbonyl (C=O) groups is 1. The van der Waals surface area contributed by atoms with Crippen LogP contribution < -0.4 is 0 Å². The summed E-state index contributed by atoms with van der Waals surface area (Å²) in [6.07, 6.45) is 4.87. The van der Waals surface area contributed by atoms with Crippen LogP contribution in [0.1, 0.15) is 31.6 Å². The summed E-state index contributed by atoms with van der Waals surface area (Å²) in [6.45, 7) is 4.60. The Kier molecular flexibility index (Phi) is 6.34. The highest BCUT2D eigenvalue weighted by Gasteiger charge is 2.32. The van der Waals surface area contributed by atoms with Gasteiger partial charge in [0.15, 0.2) is 0 Å². The van der Waals surface area contributed by atoms with Crippen LogP contribution in [-0.4, -0.2) is 71.3 Å². The van der Waals surface area contributed by atoms with Crippen molar-refractivity contribution in [2.75, 3.05) is 39.4 Å². The summed E-state index contributed by atoms with van der Waals surface area (Å²) in [6, 6.07) is 9.86. The van der Waals surface area contributed by atoms with E-state index in [1.807, 2.05) is 35.2 Å². The van der Waals surface area contributed by atoms with Gasteiger partial charge in [-0.15, -0.1) is 0 Å². The largest absolute Gasteiger partial charge is 0.378 e. The van der Waals surface area contributed by atoms with Crippen LogP contribution in [0.25, 0.3) is 11.4 Å². The molecule has 1 aromatic carbocycles. The molecule has 2 fully saturated rings. The van der Waals surface area contributed by atoms with Crippen molar-refractivity contribution in [2.45, 2.75) is 38.1 Å². The zero-order chi connectivity index (χ0) is 19.2. The van der Waals surface area contributed by atoms with Crippen molar-refractivity contribution in [1.82, 2.24) is 19.9 Å². The molecule has 4 rings (SSSR count). The molecule has 1 aromatic heterocycles. The van der Waals surface area contributed by atoms with Gasteiger partial charge in [-0.3, -0.25) is 9.69 Å². The zero-order valence-corrected chi connectivity index (χ0v) is 16.3. The number of morpholine rings is 1. The van der Waals surface area contributed by atoms with Crippen molar-refractivity contribution in [1.29, 1.82) is 0 Å². The first-order valence-corrected chi connectivity index (χ1v) is 10.3. The molecule has 7 heteroatoms. The quantitative estimate of drug-likeness (QED) is 0.762. The number of piperidine rings is 1. The molecule has 0 N–H and O–H groups in total. The fraction of sp³-hybridized carbons (Fsp3) is 0.571. The highest BCUT2D eigenvalue weighted by atomic mass is 16.5. The van der Waals surface area contributed by atoms with Crippen LogP contribution in [-0.2, 0) is 16.0 Å². The van der Waals surface area contributed by atoms with E-state index in [0.29, 0.717) is 38.0 Å². The number of rotatable bonds is 6. The molecule has 1 amide bonds. The number of hydrogen-bond donors (Lipinski definition) is 0. The van der Waals surface area contributed by atoms with Crippen molar-refractivity contribution < 1.29 is 14.1 Å². The fourth-order valence-electron chi connectivity index (χ4n) is 4.03. The van der Waals surface area contributed by atoms with Crippen molar-refractivity contribution in [3.05, 3.63) is 36.2 Å². The Morgan fingerprint density at radius 2 is 1.93 bits per heavy atom. The maximum atomic E-state index is 12.9. The van der Waals surface area contributed by atoms with E-state index in [9.17, 15) is 4.79 Å². The minimum atomic E-state index is 0.00872. The Morgan fingerprint density at radius 1 is 1.11 bits per heavy atom. The fourth-order valence-corrected chi connectivity index (χ4v) is 4.03. The lowest BCUT2D eigenvalue weighted by Gasteiger charge is -2.38. The number of carbonyl (C=O) groups excluding carboxylic acids is 1. The van der Waals surface area contributed by atoms with Gasteiger partial charge in [0.1, 0.15) is 0 Å². The Hall–Kier alpha value is -2.25. The molecule has 0 saturated carbocycles. The molecule has 0 bridgehead atoms. The van der Waals surface area contributed by atoms with Gasteiger partial charge in [-0.05, 0) is 32.4 Å². The molecular weight excluding hydrogens is 356 g/mol. The lowest BCUT2D eigenvalue weighted by atomic mass is 10.00. The molecule has 1 atom stereocenters. The average Bonchev–Trinajstić information content (AvgIpc) is 3.24. The van der Waals surface area contributed by atoms with Gasteiger partial charge >= 0.3 is 0 Å². The molecule has 150 valence electrons. The number of hydrogen-bond acceptors (Lipinski definition) is 6. The number of nitrogens with zero attached hydrogens (tertiary/aromatic N) is 4. The van der Waals surface area contributed by atoms with Gasteiger partial charge in [-0.2, -0.15) is 4.98 Å². The third kappa shape index (κ3) is 4.59. The van der Waals surface area contributed by atoms with Crippen LogP contribution in [0.3, 0.4) is 0 Å². The third-order valence-electron chi connectivity index (χ3n) is 5.56. The van der Waals surface area contributed by atoms with E-state index in [1.165, 1.54) is 0 Å². The summed E-state index contributed by atoms with van der Waals surface area (Å²) < 4.78 is 10.8. The topological polar surface area (TPSA) is 71.7 Å². The summed E-state index contributed by atoms with van der Waals surface area (Å²) in [5.74, 6) is 1.56. The van der Waals surface area contributed by atoms with Crippen molar-refractivity contribution in [2.24, 2.45) is 0 Å². The Labute approximate surface area is 165 Å². The van der Waals surface area contributed by atoms with E-state index >= 15 is 0 Å². The summed E-state index contributed by atoms with van der Waals surface area (Å²) in [5, 5.41) is 4.08. The van der Waals surface area contributed by atoms with Gasteiger partial charge in [-0.1, -0.05) is 41.9 Å². The number of aryl methyl sites for hydroxylation is 1. The smallest absolute Gasteiger partial charge is 0.240 e. The maximum absolute atomic E-state index is 12.9. The SMILES string of the molecule is O=C(C1CCCCN1CCCc1nc(-c2ccccc2)no1)N1CCOCC1. The third-order valence-corrected chi connectivity index (χ3v) is 5.56. The molecule has 2 saturated heterocycles. The lowest BCUT2D eigenvalue weighted by Crippen LogP contribution is -2.53. The minimum absolute atomic E-state index is 0.00872. The predicted octanol–water partition coefficient (Wildman–Crippen LogP) is 2.38. The van der Waals surface area contributed by atoms with Gasteiger partial charge in [0.25, 0.3) is 0 Å². The second-order valence-electron chi connectivity index (χ2n) is 7.47. The summed E-state index contributed by atoms with van der Waals surface area (Å²) in [5.41, 5.74) is 0.963. The molecule has 2 aromatic rings. The van der Waals surface area contributed by atoms with Crippen LogP contribution in [0, 0.1) is 0 Å². The number of benzene rings is 1. The van der Waals surface area contributed by atoms with Gasteiger partial charge in [0, 0.05) is 25.1 Å². The van der Waals surface area contributed by atoms with E-state index in [4.69, 9.17) is 9.26 Å². The maximum Gasteiger partial charge on any atom is 0.240 e. The van der Waals surface area contributed by atoms with Gasteiger partial charge in [0.2, 0.25) is 17.6 Å². The summed E-state index contributed by atoms with van der Waals surface area (Å²) >= 11 is 0. The van der Waals surface area contributed by atoms with Crippen molar-refractivity contribution in [3.63, 3.8) is 0 Å². The molecule has 2 aliphatic heterocycles. The Bertz CT molecular complexity index is 758. The standard InChI is InChI=1S/C21H28N4O3/c26-21(25-13-15-27-16-14-25)18-9-4-5-11-24(18)12-6-10-19-22-20(23-28-19)17-7-2-1-3-8-17/h1-3,7-8,18H,4-6,9-16H2. The second kappa shape index (κ2) is 9.30. The van der Waals surface area contributed by atoms with Crippen LogP contribution in [0.5, 0.6) is 0 Å². The first kappa shape index (κ1) is 19.1. The average molecular weight is 384 g/mol. The lowest BCUT2D eigenvalue weighted by molar-refractivity contribution is -0.142. The van der Waals surface area contributed by atoms with E-state index < -0.39 is 0 Å². The molecular formula is C21H28N4O3. The van der Waals surface area contributed by atoms with E-state index in [1.54, 1.807) is 0 Å². The molecule has 0 spiro atoms. The van der Waals surface area contributed by atoms with Crippen LogP contribution in [0.15, 0.2) is 34.9 Å². The number of aromatic nitrogens is 2. The normalized spacial score (nSPS) is 21.0. The van der Waals surface area contributed by atoms with Gasteiger partial charge < -0.3 is 14.2 Å². The van der Waals surface area contributed by atoms with Crippen LogP contribution in [0.4, 0.5) is 0 Å². The highest BCUT2D eigenvalue weighted by Crippen LogP contribution is 2.21. The van der Waals surface area contributed by atoms with Gasteiger partial charge in [-0.25, -0.2) is 0 Å². The Morgan fingerprint density at radius 3 is 2.75 bits per heavy atom. The Balaban J connectivity index is 1.30. The molecule has 0 radical (unpaired) electrons. The van der Waals surface area contributed by atoms with E-state index in [0.717, 1.165) is 50.8 Å². The van der Waals surface area contributed by atoms with Crippen molar-refractivity contribution in [3.8, 4) is 11.4 Å². The molecule has 1 unspecified atom stereocenters. The number of ether oxygens (including phenoxy) is 1. The number of amides is 1. The molecule has 2 aliphatic rings. The molecule has 3 heterocycles. The summed E-state index contributed by atoms with van der Waals surface area (Å²) in [7, 11) is 0. The van der Waals surface area contributed by atoms with E-state index in [2.05, 4.69) is 15.0 Å². The van der Waals surface area contributed by atoms with Crippen molar-refractivity contribution >= 4 is 5.91 Å². The molecule has 28 heavy (non-hydrogen) atoms. The molecule has 0 aliphatic carbocycles. The predicted molar refractivity (Wildman–Crippen MR) is 105 cm³/mol. The van der Waals surface area contributed by atoms with Crippen LogP contribution in [0.2, 0.25) is 0 Å². The van der Waals surface area contributed by atoms with Gasteiger partial charge in [0.05, 0.1) is 19.3 Å². The first-order chi connectivity index (χ1) is 13.8. The minimum Gasteiger partial charge on any atom is -0.378 e.